The summed E-state index contributed by atoms with van der Waals surface area (Å²) in [5, 5.41) is 9.63. The molecule has 0 aliphatic carbocycles. The predicted octanol–water partition coefficient (Wildman–Crippen LogP) is 1.000. The van der Waals surface area contributed by atoms with Gasteiger partial charge in [0.2, 0.25) is 5.91 Å². The van der Waals surface area contributed by atoms with Crippen LogP contribution in [0.15, 0.2) is 29.3 Å². The number of nitrogens with one attached hydrogen (secondary N) is 3. The highest BCUT2D eigenvalue weighted by atomic mass is 16.5. The van der Waals surface area contributed by atoms with E-state index in [9.17, 15) is 4.79 Å². The molecule has 142 valence electrons. The molecular weight excluding hydrogens is 330 g/mol. The lowest BCUT2D eigenvalue weighted by molar-refractivity contribution is -0.116. The Kier molecular flexibility index (Phi) is 6.85. The van der Waals surface area contributed by atoms with Gasteiger partial charge in [0.1, 0.15) is 0 Å². The first kappa shape index (κ1) is 18.7. The number of benzene rings is 1. The van der Waals surface area contributed by atoms with Crippen molar-refractivity contribution in [2.45, 2.75) is 19.3 Å². The number of morpholine rings is 1. The Labute approximate surface area is 155 Å². The van der Waals surface area contributed by atoms with Crippen LogP contribution in [0.2, 0.25) is 0 Å². The first-order valence-electron chi connectivity index (χ1n) is 9.47. The number of nitrogens with zero attached hydrogens (tertiary/aromatic N) is 2. The maximum atomic E-state index is 11.9. The minimum atomic E-state index is 0.0641. The topological polar surface area (TPSA) is 78.0 Å². The molecule has 1 amide bonds. The van der Waals surface area contributed by atoms with Crippen LogP contribution in [0, 0.1) is 0 Å². The first-order chi connectivity index (χ1) is 12.8. The second-order valence-electron chi connectivity index (χ2n) is 6.64. The summed E-state index contributed by atoms with van der Waals surface area (Å²) in [6, 6.07) is 7.99. The van der Waals surface area contributed by atoms with E-state index in [-0.39, 0.29) is 11.8 Å². The number of fused-ring (bicyclic) bond motifs is 1. The molecule has 2 aliphatic heterocycles. The summed E-state index contributed by atoms with van der Waals surface area (Å²) in [5.74, 6) is 0.994. The van der Waals surface area contributed by atoms with Gasteiger partial charge in [-0.05, 0) is 18.6 Å². The van der Waals surface area contributed by atoms with Gasteiger partial charge in [0.15, 0.2) is 5.96 Å². The summed E-state index contributed by atoms with van der Waals surface area (Å²) in [7, 11) is 0. The van der Waals surface area contributed by atoms with Crippen molar-refractivity contribution in [1.29, 1.82) is 0 Å². The quantitative estimate of drug-likeness (QED) is 0.522. The number of carbonyl (C=O) groups excluding carboxylic acids is 1. The fourth-order valence-corrected chi connectivity index (χ4v) is 3.37. The Morgan fingerprint density at radius 3 is 2.92 bits per heavy atom. The van der Waals surface area contributed by atoms with Gasteiger partial charge in [-0.15, -0.1) is 0 Å². The molecule has 1 aromatic rings. The summed E-state index contributed by atoms with van der Waals surface area (Å²) >= 11 is 0. The highest BCUT2D eigenvalue weighted by Gasteiger charge is 2.24. The minimum absolute atomic E-state index is 0.0641. The summed E-state index contributed by atoms with van der Waals surface area (Å²) in [5.41, 5.74) is 2.08. The number of ether oxygens (including phenoxy) is 1. The van der Waals surface area contributed by atoms with Crippen molar-refractivity contribution >= 4 is 17.6 Å². The first-order valence-corrected chi connectivity index (χ1v) is 9.47. The number of para-hydroxylation sites is 1. The third-order valence-electron chi connectivity index (χ3n) is 4.74. The molecule has 1 atom stereocenters. The number of hydrogen-bond acceptors (Lipinski definition) is 4. The highest BCUT2D eigenvalue weighted by Crippen LogP contribution is 2.31. The van der Waals surface area contributed by atoms with Gasteiger partial charge in [-0.25, -0.2) is 0 Å². The molecule has 0 spiro atoms. The van der Waals surface area contributed by atoms with Crippen LogP contribution in [-0.2, 0) is 9.53 Å². The third kappa shape index (κ3) is 5.19. The molecule has 26 heavy (non-hydrogen) atoms. The summed E-state index contributed by atoms with van der Waals surface area (Å²) in [4.78, 5) is 19.1. The van der Waals surface area contributed by atoms with Crippen molar-refractivity contribution in [2.75, 3.05) is 57.8 Å². The molecule has 2 heterocycles. The molecule has 1 fully saturated rings. The maximum absolute atomic E-state index is 11.9. The van der Waals surface area contributed by atoms with Crippen LogP contribution in [0.4, 0.5) is 5.69 Å². The third-order valence-corrected chi connectivity index (χ3v) is 4.74. The van der Waals surface area contributed by atoms with Gasteiger partial charge in [-0.3, -0.25) is 14.7 Å². The Balaban J connectivity index is 1.56. The lowest BCUT2D eigenvalue weighted by Crippen LogP contribution is -2.44. The van der Waals surface area contributed by atoms with Gasteiger partial charge >= 0.3 is 0 Å². The Hall–Kier alpha value is -2.12. The van der Waals surface area contributed by atoms with Crippen LogP contribution < -0.4 is 16.0 Å². The van der Waals surface area contributed by atoms with Crippen molar-refractivity contribution in [3.63, 3.8) is 0 Å². The molecule has 0 radical (unpaired) electrons. The smallest absolute Gasteiger partial charge is 0.225 e. The molecule has 1 saturated heterocycles. The van der Waals surface area contributed by atoms with Crippen LogP contribution >= 0.6 is 0 Å². The Morgan fingerprint density at radius 1 is 1.31 bits per heavy atom. The second-order valence-corrected chi connectivity index (χ2v) is 6.64. The number of hydrogen-bond donors (Lipinski definition) is 3. The maximum Gasteiger partial charge on any atom is 0.225 e. The molecule has 0 aromatic heterocycles. The monoisotopic (exact) mass is 359 g/mol. The zero-order valence-electron chi connectivity index (χ0n) is 15.5. The number of anilines is 1. The van der Waals surface area contributed by atoms with Crippen LogP contribution in [0.1, 0.15) is 24.8 Å². The van der Waals surface area contributed by atoms with E-state index in [0.29, 0.717) is 13.0 Å². The standard InChI is InChI=1S/C19H29N5O2/c1-2-20-19(21-7-8-24-9-11-26-12-10-24)22-14-15-13-18(25)23-17-6-4-3-5-16(15)17/h3-6,15H,2,7-14H2,1H3,(H,23,25)(H2,20,21,22). The molecular formula is C19H29N5O2. The Morgan fingerprint density at radius 2 is 2.12 bits per heavy atom. The van der Waals surface area contributed by atoms with E-state index < -0.39 is 0 Å². The van der Waals surface area contributed by atoms with Crippen LogP contribution in [0.3, 0.4) is 0 Å². The lowest BCUT2D eigenvalue weighted by Gasteiger charge is -2.27. The molecule has 1 aromatic carbocycles. The molecule has 3 rings (SSSR count). The number of rotatable bonds is 6. The SMILES string of the molecule is CCNC(=NCC1CC(=O)Nc2ccccc21)NCCN1CCOCC1. The fourth-order valence-electron chi connectivity index (χ4n) is 3.37. The van der Waals surface area contributed by atoms with Crippen molar-refractivity contribution in [3.05, 3.63) is 29.8 Å². The summed E-state index contributed by atoms with van der Waals surface area (Å²) < 4.78 is 5.38. The zero-order chi connectivity index (χ0) is 18.2. The number of aliphatic imine (C=N–C) groups is 1. The molecule has 7 heteroatoms. The van der Waals surface area contributed by atoms with Crippen LogP contribution in [0.5, 0.6) is 0 Å². The average molecular weight is 359 g/mol. The van der Waals surface area contributed by atoms with Gasteiger partial charge in [-0.2, -0.15) is 0 Å². The van der Waals surface area contributed by atoms with E-state index in [4.69, 9.17) is 9.73 Å². The van der Waals surface area contributed by atoms with E-state index in [1.54, 1.807) is 0 Å². The summed E-state index contributed by atoms with van der Waals surface area (Å²) in [6.45, 7) is 8.89. The molecule has 0 saturated carbocycles. The number of guanidine groups is 1. The fraction of sp³-hybridized carbons (Fsp3) is 0.579. The van der Waals surface area contributed by atoms with Gasteiger partial charge in [-0.1, -0.05) is 18.2 Å². The molecule has 7 nitrogen and oxygen atoms in total. The minimum Gasteiger partial charge on any atom is -0.379 e. The van der Waals surface area contributed by atoms with Gasteiger partial charge in [0, 0.05) is 50.7 Å². The normalized spacial score (nSPS) is 21.0. The predicted molar refractivity (Wildman–Crippen MR) is 104 cm³/mol. The largest absolute Gasteiger partial charge is 0.379 e. The lowest BCUT2D eigenvalue weighted by atomic mass is 9.91. The van der Waals surface area contributed by atoms with Crippen molar-refractivity contribution in [1.82, 2.24) is 15.5 Å². The molecule has 0 bridgehead atoms. The van der Waals surface area contributed by atoms with E-state index in [1.807, 2.05) is 18.2 Å². The zero-order valence-corrected chi connectivity index (χ0v) is 15.5. The van der Waals surface area contributed by atoms with E-state index >= 15 is 0 Å². The average Bonchev–Trinajstić information content (AvgIpc) is 2.66. The molecule has 1 unspecified atom stereocenters. The molecule has 3 N–H and O–H groups in total. The van der Waals surface area contributed by atoms with Gasteiger partial charge in [0.05, 0.1) is 19.8 Å². The number of amides is 1. The highest BCUT2D eigenvalue weighted by molar-refractivity contribution is 5.94. The van der Waals surface area contributed by atoms with Crippen molar-refractivity contribution in [2.24, 2.45) is 4.99 Å². The van der Waals surface area contributed by atoms with Crippen LogP contribution in [-0.4, -0.2) is 69.2 Å². The van der Waals surface area contributed by atoms with E-state index in [1.165, 1.54) is 5.56 Å². The van der Waals surface area contributed by atoms with Gasteiger partial charge in [0.25, 0.3) is 0 Å². The second kappa shape index (κ2) is 9.54. The number of carbonyl (C=O) groups is 1. The van der Waals surface area contributed by atoms with E-state index in [0.717, 1.165) is 57.6 Å². The van der Waals surface area contributed by atoms with Crippen molar-refractivity contribution < 1.29 is 9.53 Å². The Bertz CT molecular complexity index is 628. The van der Waals surface area contributed by atoms with Gasteiger partial charge < -0.3 is 20.7 Å². The molecule has 2 aliphatic rings. The summed E-state index contributed by atoms with van der Waals surface area (Å²) in [6.07, 6.45) is 0.480. The van der Waals surface area contributed by atoms with Crippen molar-refractivity contribution in [3.8, 4) is 0 Å². The van der Waals surface area contributed by atoms with Crippen LogP contribution in [0.25, 0.3) is 0 Å². The van der Waals surface area contributed by atoms with E-state index in [2.05, 4.69) is 33.8 Å².